The fourth-order valence-electron chi connectivity index (χ4n) is 4.88. The van der Waals surface area contributed by atoms with Crippen molar-refractivity contribution in [1.82, 2.24) is 4.90 Å². The summed E-state index contributed by atoms with van der Waals surface area (Å²) >= 11 is 1.64. The first kappa shape index (κ1) is 31.6. The zero-order chi connectivity index (χ0) is 30.7. The highest BCUT2D eigenvalue weighted by atomic mass is 32.2. The second kappa shape index (κ2) is 12.9. The minimum atomic E-state index is -0.269. The van der Waals surface area contributed by atoms with Gasteiger partial charge in [-0.2, -0.15) is 0 Å². The highest BCUT2D eigenvalue weighted by Gasteiger charge is 2.28. The second-order valence-electron chi connectivity index (χ2n) is 13.2. The molecule has 0 aliphatic rings. The van der Waals surface area contributed by atoms with E-state index < -0.39 is 0 Å². The Balaban J connectivity index is 1.82. The lowest BCUT2D eigenvalue weighted by molar-refractivity contribution is 0.0979. The van der Waals surface area contributed by atoms with Crippen molar-refractivity contribution in [2.75, 3.05) is 32.1 Å². The summed E-state index contributed by atoms with van der Waals surface area (Å²) in [6.45, 7) is 14.0. The molecule has 6 heteroatoms. The van der Waals surface area contributed by atoms with Gasteiger partial charge in [0.1, 0.15) is 5.58 Å². The van der Waals surface area contributed by atoms with Crippen LogP contribution in [0, 0.1) is 0 Å². The standard InChI is InChI=1S/C36H44N2O3S/c1-35(2,3)26-21-28-30(39)23-32(41-33(28)29(22-26)36(4,5)6)38(20-14-19-37(7)8)34(40)27-17-12-13-18-31(27)42-24-25-15-10-9-11-16-25/h9-13,15-18,21-23H,14,19-20,24H2,1-8H3. The lowest BCUT2D eigenvalue weighted by atomic mass is 9.79. The van der Waals surface area contributed by atoms with Crippen molar-refractivity contribution >= 4 is 34.5 Å². The van der Waals surface area contributed by atoms with Gasteiger partial charge in [-0.15, -0.1) is 11.8 Å². The van der Waals surface area contributed by atoms with E-state index in [0.717, 1.165) is 34.7 Å². The molecule has 1 aromatic heterocycles. The Bertz CT molecular complexity index is 1590. The van der Waals surface area contributed by atoms with Gasteiger partial charge in [0, 0.05) is 28.8 Å². The van der Waals surface area contributed by atoms with E-state index in [2.05, 4.69) is 64.6 Å². The monoisotopic (exact) mass is 584 g/mol. The summed E-state index contributed by atoms with van der Waals surface area (Å²) in [7, 11) is 4.03. The van der Waals surface area contributed by atoms with E-state index in [4.69, 9.17) is 4.42 Å². The van der Waals surface area contributed by atoms with Gasteiger partial charge in [-0.1, -0.05) is 90.1 Å². The van der Waals surface area contributed by atoms with Crippen molar-refractivity contribution in [2.24, 2.45) is 0 Å². The molecule has 1 amide bonds. The van der Waals surface area contributed by atoms with Gasteiger partial charge in [-0.25, -0.2) is 0 Å². The predicted molar refractivity (Wildman–Crippen MR) is 177 cm³/mol. The molecule has 222 valence electrons. The molecule has 0 bridgehead atoms. The molecule has 1 heterocycles. The number of anilines is 1. The summed E-state index contributed by atoms with van der Waals surface area (Å²) in [4.78, 5) is 32.7. The first-order valence-corrected chi connectivity index (χ1v) is 15.6. The molecule has 0 N–H and O–H groups in total. The maximum absolute atomic E-state index is 14.3. The Kier molecular flexibility index (Phi) is 9.69. The van der Waals surface area contributed by atoms with E-state index in [-0.39, 0.29) is 28.1 Å². The SMILES string of the molecule is CN(C)CCCN(C(=O)c1ccccc1SCc1ccccc1)c1cc(=O)c2cc(C(C)(C)C)cc(C(C)(C)C)c2o1. The molecule has 4 aromatic rings. The molecule has 0 atom stereocenters. The van der Waals surface area contributed by atoms with Gasteiger partial charge >= 0.3 is 0 Å². The number of benzene rings is 3. The summed E-state index contributed by atoms with van der Waals surface area (Å²) in [5, 5.41) is 0.551. The van der Waals surface area contributed by atoms with Crippen LogP contribution in [0.1, 0.15) is 75.0 Å². The lowest BCUT2D eigenvalue weighted by Gasteiger charge is -2.27. The van der Waals surface area contributed by atoms with Crippen LogP contribution in [0.2, 0.25) is 0 Å². The van der Waals surface area contributed by atoms with E-state index >= 15 is 0 Å². The summed E-state index contributed by atoms with van der Waals surface area (Å²) < 4.78 is 6.58. The predicted octanol–water partition coefficient (Wildman–Crippen LogP) is 8.28. The van der Waals surface area contributed by atoms with Gasteiger partial charge in [0.25, 0.3) is 5.91 Å². The molecule has 0 aliphatic carbocycles. The lowest BCUT2D eigenvalue weighted by Crippen LogP contribution is -2.34. The number of amides is 1. The average Bonchev–Trinajstić information content (AvgIpc) is 2.93. The van der Waals surface area contributed by atoms with Crippen LogP contribution < -0.4 is 10.3 Å². The van der Waals surface area contributed by atoms with Crippen LogP contribution in [0.3, 0.4) is 0 Å². The molecule has 0 radical (unpaired) electrons. The maximum Gasteiger partial charge on any atom is 0.261 e. The minimum Gasteiger partial charge on any atom is -0.440 e. The van der Waals surface area contributed by atoms with Crippen LogP contribution in [-0.4, -0.2) is 38.0 Å². The van der Waals surface area contributed by atoms with Crippen LogP contribution in [0.25, 0.3) is 11.0 Å². The molecule has 0 aliphatic heterocycles. The number of thioether (sulfide) groups is 1. The Labute approximate surface area is 254 Å². The van der Waals surface area contributed by atoms with E-state index in [1.807, 2.05) is 62.6 Å². The zero-order valence-corrected chi connectivity index (χ0v) is 27.1. The molecule has 3 aromatic carbocycles. The molecule has 0 saturated carbocycles. The number of carbonyl (C=O) groups is 1. The van der Waals surface area contributed by atoms with Crippen molar-refractivity contribution in [2.45, 2.75) is 69.4 Å². The first-order chi connectivity index (χ1) is 19.8. The number of hydrogen-bond donors (Lipinski definition) is 0. The fourth-order valence-corrected chi connectivity index (χ4v) is 5.88. The molecule has 0 unspecified atom stereocenters. The van der Waals surface area contributed by atoms with Crippen molar-refractivity contribution in [3.05, 3.63) is 105 Å². The summed E-state index contributed by atoms with van der Waals surface area (Å²) in [5.41, 5.74) is 3.85. The third-order valence-corrected chi connectivity index (χ3v) is 8.49. The first-order valence-electron chi connectivity index (χ1n) is 14.6. The van der Waals surface area contributed by atoms with E-state index in [9.17, 15) is 9.59 Å². The largest absolute Gasteiger partial charge is 0.440 e. The Morgan fingerprint density at radius 3 is 2.14 bits per heavy atom. The van der Waals surface area contributed by atoms with Crippen LogP contribution in [0.4, 0.5) is 5.88 Å². The van der Waals surface area contributed by atoms with Gasteiger partial charge in [-0.3, -0.25) is 14.5 Å². The smallest absolute Gasteiger partial charge is 0.261 e. The van der Waals surface area contributed by atoms with Crippen molar-refractivity contribution in [1.29, 1.82) is 0 Å². The number of hydrogen-bond acceptors (Lipinski definition) is 5. The van der Waals surface area contributed by atoms with Gasteiger partial charge in [0.15, 0.2) is 5.43 Å². The highest BCUT2D eigenvalue weighted by molar-refractivity contribution is 7.98. The van der Waals surface area contributed by atoms with Gasteiger partial charge in [-0.05, 0) is 67.2 Å². The van der Waals surface area contributed by atoms with Crippen LogP contribution in [-0.2, 0) is 16.6 Å². The molecule has 0 spiro atoms. The Hall–Kier alpha value is -3.35. The quantitative estimate of drug-likeness (QED) is 0.185. The average molecular weight is 585 g/mol. The van der Waals surface area contributed by atoms with Crippen LogP contribution in [0.15, 0.2) is 86.9 Å². The molecule has 5 nitrogen and oxygen atoms in total. The highest BCUT2D eigenvalue weighted by Crippen LogP contribution is 2.36. The number of nitrogens with zero attached hydrogens (tertiary/aromatic N) is 2. The topological polar surface area (TPSA) is 53.8 Å². The molecule has 42 heavy (non-hydrogen) atoms. The molecular weight excluding hydrogens is 540 g/mol. The number of fused-ring (bicyclic) bond motifs is 1. The summed E-state index contributed by atoms with van der Waals surface area (Å²) in [5.74, 6) is 0.867. The molecule has 4 rings (SSSR count). The van der Waals surface area contributed by atoms with Crippen molar-refractivity contribution < 1.29 is 9.21 Å². The molecular formula is C36H44N2O3S. The zero-order valence-electron chi connectivity index (χ0n) is 26.3. The van der Waals surface area contributed by atoms with E-state index in [1.54, 1.807) is 16.7 Å². The molecule has 0 saturated heterocycles. The van der Waals surface area contributed by atoms with Crippen molar-refractivity contribution in [3.63, 3.8) is 0 Å². The summed E-state index contributed by atoms with van der Waals surface area (Å²) in [6, 6.07) is 23.5. The van der Waals surface area contributed by atoms with Crippen LogP contribution in [0.5, 0.6) is 0 Å². The third kappa shape index (κ3) is 7.53. The third-order valence-electron chi connectivity index (χ3n) is 7.34. The number of rotatable bonds is 9. The van der Waals surface area contributed by atoms with E-state index in [0.29, 0.717) is 23.1 Å². The van der Waals surface area contributed by atoms with Crippen molar-refractivity contribution in [3.8, 4) is 0 Å². The fraction of sp³-hybridized carbons (Fsp3) is 0.389. The maximum atomic E-state index is 14.3. The molecule has 0 fully saturated rings. The van der Waals surface area contributed by atoms with Crippen LogP contribution >= 0.6 is 11.8 Å². The minimum absolute atomic E-state index is 0.130. The van der Waals surface area contributed by atoms with Gasteiger partial charge in [0.05, 0.1) is 10.9 Å². The summed E-state index contributed by atoms with van der Waals surface area (Å²) in [6.07, 6.45) is 0.731. The number of carbonyl (C=O) groups excluding carboxylic acids is 1. The normalized spacial score (nSPS) is 12.2. The Morgan fingerprint density at radius 2 is 1.50 bits per heavy atom. The Morgan fingerprint density at radius 1 is 0.833 bits per heavy atom. The van der Waals surface area contributed by atoms with Gasteiger partial charge < -0.3 is 9.32 Å². The van der Waals surface area contributed by atoms with Gasteiger partial charge in [0.2, 0.25) is 5.88 Å². The second-order valence-corrected chi connectivity index (χ2v) is 14.3. The van der Waals surface area contributed by atoms with E-state index in [1.165, 1.54) is 11.6 Å².